The zero-order chi connectivity index (χ0) is 15.0. The highest BCUT2D eigenvalue weighted by molar-refractivity contribution is 8.00. The molecule has 0 bridgehead atoms. The first-order chi connectivity index (χ1) is 10.1. The van der Waals surface area contributed by atoms with Gasteiger partial charge in [0.15, 0.2) is 4.34 Å². The van der Waals surface area contributed by atoms with Crippen molar-refractivity contribution in [2.24, 2.45) is 0 Å². The van der Waals surface area contributed by atoms with E-state index in [2.05, 4.69) is 11.1 Å². The minimum Gasteiger partial charge on any atom is -0.477 e. The monoisotopic (exact) mass is 355 g/mol. The van der Waals surface area contributed by atoms with Gasteiger partial charge in [-0.3, -0.25) is 0 Å². The molecule has 0 aliphatic carbocycles. The number of fused-ring (bicyclic) bond motifs is 1. The fraction of sp³-hybridized carbons (Fsp3) is 0.143. The molecule has 0 amide bonds. The summed E-state index contributed by atoms with van der Waals surface area (Å²) in [5, 5.41) is 10.9. The highest BCUT2D eigenvalue weighted by Crippen LogP contribution is 2.39. The van der Waals surface area contributed by atoms with E-state index in [1.165, 1.54) is 27.8 Å². The van der Waals surface area contributed by atoms with Crippen molar-refractivity contribution in [3.63, 3.8) is 0 Å². The van der Waals surface area contributed by atoms with Gasteiger partial charge in [0.25, 0.3) is 0 Å². The molecule has 7 heteroatoms. The molecule has 3 rings (SSSR count). The number of halogens is 1. The summed E-state index contributed by atoms with van der Waals surface area (Å²) in [7, 11) is 0. The van der Waals surface area contributed by atoms with Gasteiger partial charge in [-0.1, -0.05) is 41.6 Å². The number of nitrogens with zero attached hydrogens (tertiary/aromatic N) is 1. The summed E-state index contributed by atoms with van der Waals surface area (Å²) in [6.45, 7) is 1.72. The first-order valence-corrected chi connectivity index (χ1v) is 9.05. The number of thiophene rings is 1. The molecular weight excluding hydrogens is 346 g/mol. The minimum atomic E-state index is -0.920. The Kier molecular flexibility index (Phi) is 4.21. The number of hydrogen-bond acceptors (Lipinski definition) is 5. The molecule has 21 heavy (non-hydrogen) atoms. The zero-order valence-corrected chi connectivity index (χ0v) is 14.1. The van der Waals surface area contributed by atoms with Crippen molar-refractivity contribution in [1.29, 1.82) is 0 Å². The molecule has 108 valence electrons. The van der Waals surface area contributed by atoms with Crippen LogP contribution in [0, 0.1) is 6.92 Å². The molecule has 0 spiro atoms. The number of benzene rings is 1. The van der Waals surface area contributed by atoms with E-state index in [0.717, 1.165) is 19.6 Å². The highest BCUT2D eigenvalue weighted by atomic mass is 35.5. The molecule has 0 aliphatic rings. The number of thiazole rings is 1. The largest absolute Gasteiger partial charge is 0.477 e. The van der Waals surface area contributed by atoms with Gasteiger partial charge in [-0.2, -0.15) is 0 Å². The second-order valence-electron chi connectivity index (χ2n) is 4.32. The molecule has 0 radical (unpaired) electrons. The van der Waals surface area contributed by atoms with Crippen molar-refractivity contribution in [1.82, 2.24) is 4.98 Å². The minimum absolute atomic E-state index is 0.305. The second kappa shape index (κ2) is 5.96. The van der Waals surface area contributed by atoms with Gasteiger partial charge in [0, 0.05) is 20.7 Å². The van der Waals surface area contributed by atoms with Crippen LogP contribution in [-0.4, -0.2) is 16.1 Å². The normalized spacial score (nSPS) is 11.1. The first-order valence-electron chi connectivity index (χ1n) is 6.05. The van der Waals surface area contributed by atoms with Crippen molar-refractivity contribution in [3.8, 4) is 0 Å². The average Bonchev–Trinajstić information content (AvgIpc) is 2.98. The van der Waals surface area contributed by atoms with Gasteiger partial charge in [-0.05, 0) is 13.0 Å². The van der Waals surface area contributed by atoms with E-state index in [0.29, 0.717) is 16.3 Å². The van der Waals surface area contributed by atoms with Crippen LogP contribution in [-0.2, 0) is 5.75 Å². The van der Waals surface area contributed by atoms with Gasteiger partial charge < -0.3 is 5.11 Å². The topological polar surface area (TPSA) is 50.2 Å². The van der Waals surface area contributed by atoms with Gasteiger partial charge in [-0.25, -0.2) is 9.78 Å². The fourth-order valence-electron chi connectivity index (χ4n) is 1.92. The predicted octanol–water partition coefficient (Wildman–Crippen LogP) is 5.31. The number of thioether (sulfide) groups is 1. The van der Waals surface area contributed by atoms with E-state index in [-0.39, 0.29) is 0 Å². The lowest BCUT2D eigenvalue weighted by atomic mass is 10.2. The lowest BCUT2D eigenvalue weighted by Gasteiger charge is -1.95. The Bertz CT molecular complexity index is 825. The Morgan fingerprint density at radius 3 is 2.81 bits per heavy atom. The van der Waals surface area contributed by atoms with Gasteiger partial charge in [0.1, 0.15) is 4.88 Å². The van der Waals surface area contributed by atoms with Crippen LogP contribution in [0.4, 0.5) is 0 Å². The van der Waals surface area contributed by atoms with Gasteiger partial charge in [-0.15, -0.1) is 22.7 Å². The Balaban J connectivity index is 1.82. The second-order valence-corrected chi connectivity index (χ2v) is 8.06. The van der Waals surface area contributed by atoms with Crippen molar-refractivity contribution in [2.45, 2.75) is 17.0 Å². The third kappa shape index (κ3) is 2.94. The predicted molar refractivity (Wildman–Crippen MR) is 90.2 cm³/mol. The SMILES string of the molecule is Cc1nc(SCc2sc3ccccc3c2Cl)sc1C(=O)O. The van der Waals surface area contributed by atoms with E-state index >= 15 is 0 Å². The average molecular weight is 356 g/mol. The van der Waals surface area contributed by atoms with Crippen LogP contribution < -0.4 is 0 Å². The van der Waals surface area contributed by atoms with Gasteiger partial charge >= 0.3 is 5.97 Å². The van der Waals surface area contributed by atoms with Crippen LogP contribution in [0.25, 0.3) is 10.1 Å². The quantitative estimate of drug-likeness (QED) is 0.644. The smallest absolute Gasteiger partial charge is 0.347 e. The van der Waals surface area contributed by atoms with Crippen molar-refractivity contribution in [2.75, 3.05) is 0 Å². The Hall–Kier alpha value is -1.08. The third-order valence-electron chi connectivity index (χ3n) is 2.90. The van der Waals surface area contributed by atoms with E-state index in [4.69, 9.17) is 16.7 Å². The van der Waals surface area contributed by atoms with Crippen LogP contribution in [0.15, 0.2) is 28.6 Å². The molecule has 3 aromatic rings. The molecule has 0 aliphatic heterocycles. The summed E-state index contributed by atoms with van der Waals surface area (Å²) in [6, 6.07) is 8.03. The summed E-state index contributed by atoms with van der Waals surface area (Å²) >= 11 is 10.8. The van der Waals surface area contributed by atoms with Gasteiger partial charge in [0.2, 0.25) is 0 Å². The lowest BCUT2D eigenvalue weighted by molar-refractivity contribution is 0.0701. The third-order valence-corrected chi connectivity index (χ3v) is 7.11. The maximum Gasteiger partial charge on any atom is 0.347 e. The van der Waals surface area contributed by atoms with E-state index in [1.54, 1.807) is 18.3 Å². The molecule has 3 nitrogen and oxygen atoms in total. The maximum absolute atomic E-state index is 11.0. The van der Waals surface area contributed by atoms with E-state index in [1.807, 2.05) is 18.2 Å². The highest BCUT2D eigenvalue weighted by Gasteiger charge is 2.16. The summed E-state index contributed by atoms with van der Waals surface area (Å²) in [6.07, 6.45) is 0. The summed E-state index contributed by atoms with van der Waals surface area (Å²) in [5.74, 6) is -0.221. The number of aryl methyl sites for hydroxylation is 1. The number of rotatable bonds is 4. The fourth-order valence-corrected chi connectivity index (χ4v) is 5.60. The molecule has 0 saturated carbocycles. The zero-order valence-electron chi connectivity index (χ0n) is 10.9. The summed E-state index contributed by atoms with van der Waals surface area (Å²) < 4.78 is 1.93. The van der Waals surface area contributed by atoms with Crippen LogP contribution >= 0.6 is 46.0 Å². The Morgan fingerprint density at radius 2 is 2.14 bits per heavy atom. The molecule has 0 fully saturated rings. The molecule has 0 saturated heterocycles. The number of aromatic nitrogens is 1. The molecule has 1 N–H and O–H groups in total. The standard InChI is InChI=1S/C14H10ClNO2S3/c1-7-12(13(17)18)21-14(16-7)19-6-10-11(15)8-4-2-3-5-9(8)20-10/h2-5H,6H2,1H3,(H,17,18). The number of carbonyl (C=O) groups is 1. The maximum atomic E-state index is 11.0. The van der Waals surface area contributed by atoms with Crippen LogP contribution in [0.1, 0.15) is 20.2 Å². The van der Waals surface area contributed by atoms with Crippen molar-refractivity contribution in [3.05, 3.63) is 44.7 Å². The molecular formula is C14H10ClNO2S3. The summed E-state index contributed by atoms with van der Waals surface area (Å²) in [5.41, 5.74) is 0.567. The van der Waals surface area contributed by atoms with Gasteiger partial charge in [0.05, 0.1) is 10.7 Å². The molecule has 2 heterocycles. The summed E-state index contributed by atoms with van der Waals surface area (Å²) in [4.78, 5) is 16.7. The number of carboxylic acid groups (broad SMARTS) is 1. The number of carboxylic acids is 1. The van der Waals surface area contributed by atoms with Crippen LogP contribution in [0.5, 0.6) is 0 Å². The first kappa shape index (κ1) is 14.8. The van der Waals surface area contributed by atoms with Crippen LogP contribution in [0.2, 0.25) is 5.02 Å². The van der Waals surface area contributed by atoms with Crippen molar-refractivity contribution < 1.29 is 9.90 Å². The molecule has 2 aromatic heterocycles. The molecule has 1 aromatic carbocycles. The van der Waals surface area contributed by atoms with E-state index in [9.17, 15) is 4.79 Å². The molecule has 0 atom stereocenters. The number of hydrogen-bond donors (Lipinski definition) is 1. The lowest BCUT2D eigenvalue weighted by Crippen LogP contribution is -1.94. The Labute approximate surface area is 138 Å². The van der Waals surface area contributed by atoms with Crippen molar-refractivity contribution >= 4 is 62.1 Å². The molecule has 0 unspecified atom stereocenters. The number of aromatic carboxylic acids is 1. The Morgan fingerprint density at radius 1 is 1.38 bits per heavy atom. The van der Waals surface area contributed by atoms with Crippen LogP contribution in [0.3, 0.4) is 0 Å². The van der Waals surface area contributed by atoms with E-state index < -0.39 is 5.97 Å².